The van der Waals surface area contributed by atoms with Crippen LogP contribution in [0.15, 0.2) is 60.1 Å². The molecule has 0 aromatic carbocycles. The van der Waals surface area contributed by atoms with Gasteiger partial charge in [0.2, 0.25) is 0 Å². The quantitative estimate of drug-likeness (QED) is 0.572. The van der Waals surface area contributed by atoms with E-state index in [0.29, 0.717) is 0 Å². The summed E-state index contributed by atoms with van der Waals surface area (Å²) in [5.74, 6) is 0. The molecule has 3 heteroatoms. The largest absolute Gasteiger partial charge is 0.489 e. The van der Waals surface area contributed by atoms with Crippen LogP contribution in [0, 0.1) is 0 Å². The molecule has 0 fully saturated rings. The van der Waals surface area contributed by atoms with Crippen molar-refractivity contribution in [1.82, 2.24) is 10.2 Å². The lowest BCUT2D eigenvalue weighted by atomic mass is 10.0. The average molecular weight is 213 g/mol. The van der Waals surface area contributed by atoms with Gasteiger partial charge >= 0.3 is 0 Å². The Hall–Kier alpha value is -2.03. The van der Waals surface area contributed by atoms with E-state index in [-0.39, 0.29) is 0 Å². The predicted octanol–water partition coefficient (Wildman–Crippen LogP) is 1.76. The van der Waals surface area contributed by atoms with Gasteiger partial charge < -0.3 is 15.0 Å². The molecule has 0 atom stereocenters. The molecule has 0 aromatic rings. The van der Waals surface area contributed by atoms with Gasteiger partial charge in [-0.1, -0.05) is 36.1 Å². The summed E-state index contributed by atoms with van der Waals surface area (Å²) in [4.78, 5) is 12.5. The molecule has 0 saturated carbocycles. The van der Waals surface area contributed by atoms with Crippen LogP contribution in [0.5, 0.6) is 0 Å². The van der Waals surface area contributed by atoms with E-state index in [1.165, 1.54) is 0 Å². The van der Waals surface area contributed by atoms with Gasteiger partial charge in [0, 0.05) is 12.7 Å². The van der Waals surface area contributed by atoms with Gasteiger partial charge in [-0.15, -0.1) is 6.08 Å². The summed E-state index contributed by atoms with van der Waals surface area (Å²) in [6.45, 7) is 4.70. The summed E-state index contributed by atoms with van der Waals surface area (Å²) in [5, 5.41) is 2.59. The first-order valence-electron chi connectivity index (χ1n) is 5.14. The van der Waals surface area contributed by atoms with Crippen molar-refractivity contribution in [2.45, 2.75) is 6.42 Å². The van der Waals surface area contributed by atoms with E-state index in [1.54, 1.807) is 6.41 Å². The lowest BCUT2D eigenvalue weighted by Gasteiger charge is -2.33. The van der Waals surface area contributed by atoms with Gasteiger partial charge in [-0.3, -0.25) is 0 Å². The Morgan fingerprint density at radius 3 is 3.00 bits per heavy atom. The Labute approximate surface area is 95.1 Å². The minimum absolute atomic E-state index is 0.756. The average Bonchev–Trinajstić information content (AvgIpc) is 2.31. The third kappa shape index (κ3) is 2.14. The molecule has 0 spiro atoms. The summed E-state index contributed by atoms with van der Waals surface area (Å²) >= 11 is 0. The Balaban J connectivity index is 2.22. The van der Waals surface area contributed by atoms with E-state index in [0.717, 1.165) is 29.9 Å². The fourth-order valence-electron chi connectivity index (χ4n) is 1.75. The van der Waals surface area contributed by atoms with Crippen molar-refractivity contribution >= 4 is 6.41 Å². The predicted molar refractivity (Wildman–Crippen MR) is 63.7 cm³/mol. The summed E-state index contributed by atoms with van der Waals surface area (Å²) < 4.78 is 0. The first-order valence-corrected chi connectivity index (χ1v) is 5.14. The fraction of sp³-hybridized carbons (Fsp3) is 0.154. The highest BCUT2D eigenvalue weighted by molar-refractivity contribution is 5.57. The molecule has 16 heavy (non-hydrogen) atoms. The molecule has 2 aliphatic rings. The van der Waals surface area contributed by atoms with Gasteiger partial charge in [-0.05, 0) is 18.2 Å². The van der Waals surface area contributed by atoms with E-state index in [9.17, 15) is 4.79 Å². The minimum Gasteiger partial charge on any atom is -0.489 e. The lowest BCUT2D eigenvalue weighted by Crippen LogP contribution is -2.26. The van der Waals surface area contributed by atoms with Gasteiger partial charge in [0.25, 0.3) is 0 Å². The number of hydrogen-bond donors (Lipinski definition) is 1. The third-order valence-corrected chi connectivity index (χ3v) is 2.49. The van der Waals surface area contributed by atoms with E-state index >= 15 is 0 Å². The number of allylic oxidation sites excluding steroid dienone is 5. The van der Waals surface area contributed by atoms with E-state index in [1.807, 2.05) is 24.4 Å². The lowest BCUT2D eigenvalue weighted by molar-refractivity contribution is 0.505. The van der Waals surface area contributed by atoms with Crippen LogP contribution in [0.4, 0.5) is 0 Å². The number of nitrogens with zero attached hydrogens (tertiary/aromatic N) is 1. The topological polar surface area (TPSA) is 32.3 Å². The second-order valence-corrected chi connectivity index (χ2v) is 3.66. The zero-order valence-electron chi connectivity index (χ0n) is 8.94. The van der Waals surface area contributed by atoms with Crippen molar-refractivity contribution in [3.8, 4) is 0 Å². The maximum atomic E-state index is 10.4. The Kier molecular flexibility index (Phi) is 3.05. The second kappa shape index (κ2) is 4.66. The number of nitrogens with one attached hydrogen (secondary N) is 1. The van der Waals surface area contributed by atoms with E-state index in [4.69, 9.17) is 0 Å². The van der Waals surface area contributed by atoms with E-state index in [2.05, 4.69) is 28.9 Å². The first kappa shape index (κ1) is 10.5. The van der Waals surface area contributed by atoms with Crippen LogP contribution < -0.4 is 5.32 Å². The van der Waals surface area contributed by atoms with E-state index < -0.39 is 0 Å². The molecule has 0 saturated heterocycles. The molecule has 1 heterocycles. The molecule has 82 valence electrons. The molecule has 0 aromatic heterocycles. The zero-order chi connectivity index (χ0) is 11.4. The highest BCUT2D eigenvalue weighted by Crippen LogP contribution is 2.23. The van der Waals surface area contributed by atoms with Crippen LogP contribution >= 0.6 is 0 Å². The van der Waals surface area contributed by atoms with Crippen molar-refractivity contribution in [2.75, 3.05) is 6.54 Å². The maximum absolute atomic E-state index is 10.4. The molecule has 1 aliphatic heterocycles. The van der Waals surface area contributed by atoms with Crippen molar-refractivity contribution in [1.29, 1.82) is 0 Å². The molecule has 1 N–H and O–H groups in total. The number of hydrogen-bond acceptors (Lipinski definition) is 2. The summed E-state index contributed by atoms with van der Waals surface area (Å²) in [7, 11) is 0. The summed E-state index contributed by atoms with van der Waals surface area (Å²) in [6.07, 6.45) is 14.5. The van der Waals surface area contributed by atoms with Crippen LogP contribution in [-0.4, -0.2) is 17.9 Å². The van der Waals surface area contributed by atoms with Crippen LogP contribution in [-0.2, 0) is 4.79 Å². The molecule has 0 radical (unpaired) electrons. The second-order valence-electron chi connectivity index (χ2n) is 3.66. The number of amides is 1. The highest BCUT2D eigenvalue weighted by atomic mass is 16.1. The van der Waals surface area contributed by atoms with Crippen LogP contribution in [0.3, 0.4) is 0 Å². The van der Waals surface area contributed by atoms with Gasteiger partial charge in [0.15, 0.2) is 0 Å². The molecule has 3 nitrogen and oxygen atoms in total. The fourth-order valence-corrected chi connectivity index (χ4v) is 1.75. The molecule has 0 unspecified atom stereocenters. The maximum Gasteiger partial charge on any atom is 0.0693 e. The molecule has 1 amide bonds. The number of rotatable bonds is 3. The Morgan fingerprint density at radius 1 is 1.44 bits per heavy atom. The molecular weight excluding hydrogens is 200 g/mol. The standard InChI is InChI=1S/C13H13N2O/c1-11-5-6-13(12(9-11)14-10-16)15-7-3-2-4-8-15/h2-4,6-7,9H,1,5,8H2,(H,14,16)/q-1. The molecule has 1 aliphatic carbocycles. The van der Waals surface area contributed by atoms with Gasteiger partial charge in [-0.25, -0.2) is 0 Å². The van der Waals surface area contributed by atoms with Crippen molar-refractivity contribution in [3.05, 3.63) is 60.1 Å². The normalized spacial score (nSPS) is 19.2. The Bertz CT molecular complexity index is 427. The van der Waals surface area contributed by atoms with Crippen LogP contribution in [0.25, 0.3) is 0 Å². The zero-order valence-corrected chi connectivity index (χ0v) is 8.94. The van der Waals surface area contributed by atoms with Crippen molar-refractivity contribution < 1.29 is 4.79 Å². The monoisotopic (exact) mass is 213 g/mol. The van der Waals surface area contributed by atoms with Crippen molar-refractivity contribution in [2.24, 2.45) is 0 Å². The Morgan fingerprint density at radius 2 is 2.31 bits per heavy atom. The number of carbonyl (C=O) groups excluding carboxylic acids is 1. The first-order chi connectivity index (χ1) is 7.81. The smallest absolute Gasteiger partial charge is 0.0693 e. The summed E-state index contributed by atoms with van der Waals surface area (Å²) in [5.41, 5.74) is 2.74. The van der Waals surface area contributed by atoms with Gasteiger partial charge in [-0.2, -0.15) is 0 Å². The van der Waals surface area contributed by atoms with Crippen LogP contribution in [0.1, 0.15) is 6.42 Å². The van der Waals surface area contributed by atoms with Crippen molar-refractivity contribution in [3.63, 3.8) is 0 Å². The van der Waals surface area contributed by atoms with Crippen LogP contribution in [0.2, 0.25) is 0 Å². The minimum atomic E-state index is 0.756. The van der Waals surface area contributed by atoms with Gasteiger partial charge in [0.05, 0.1) is 6.41 Å². The SMILES string of the molecule is C=C1C=C(N[C-]=O)C(N2C=CC=CC2)=CC1. The van der Waals surface area contributed by atoms with Gasteiger partial charge in [0.1, 0.15) is 0 Å². The third-order valence-electron chi connectivity index (χ3n) is 2.49. The molecular formula is C13H13N2O-. The highest BCUT2D eigenvalue weighted by Gasteiger charge is 2.09. The molecule has 0 bridgehead atoms. The summed E-state index contributed by atoms with van der Waals surface area (Å²) in [6, 6.07) is 0. The molecule has 2 rings (SSSR count).